The molecule has 0 spiro atoms. The van der Waals surface area contributed by atoms with Gasteiger partial charge in [-0.15, -0.1) is 0 Å². The fraction of sp³-hybridized carbons (Fsp3) is 0.462. The molecule has 1 heterocycles. The zero-order chi connectivity index (χ0) is 12.3. The zero-order valence-electron chi connectivity index (χ0n) is 9.63. The van der Waals surface area contributed by atoms with Crippen LogP contribution in [0.4, 0.5) is 5.69 Å². The van der Waals surface area contributed by atoms with Gasteiger partial charge in [0.1, 0.15) is 6.07 Å². The van der Waals surface area contributed by atoms with Gasteiger partial charge < -0.3 is 15.1 Å². The smallest absolute Gasteiger partial charge is 0.101 e. The van der Waals surface area contributed by atoms with Crippen molar-refractivity contribution >= 4 is 5.69 Å². The number of benzene rings is 1. The molecule has 1 aromatic carbocycles. The fourth-order valence-corrected chi connectivity index (χ4v) is 2.36. The van der Waals surface area contributed by atoms with E-state index in [1.807, 2.05) is 12.1 Å². The average Bonchev–Trinajstić information content (AvgIpc) is 2.85. The lowest BCUT2D eigenvalue weighted by molar-refractivity contribution is 0.266. The lowest BCUT2D eigenvalue weighted by Gasteiger charge is -2.26. The predicted octanol–water partition coefficient (Wildman–Crippen LogP) is 1.01. The van der Waals surface area contributed by atoms with Crippen LogP contribution >= 0.6 is 0 Å². The second-order valence-electron chi connectivity index (χ2n) is 4.29. The Labute approximate surface area is 101 Å². The Morgan fingerprint density at radius 3 is 2.88 bits per heavy atom. The first-order valence-electron chi connectivity index (χ1n) is 5.81. The number of nitrogens with zero attached hydrogens (tertiary/aromatic N) is 2. The van der Waals surface area contributed by atoms with Gasteiger partial charge in [0.05, 0.1) is 30.5 Å². The third kappa shape index (κ3) is 2.26. The molecule has 4 nitrogen and oxygen atoms in total. The molecule has 0 amide bonds. The van der Waals surface area contributed by atoms with Gasteiger partial charge in [-0.05, 0) is 30.5 Å². The number of anilines is 1. The highest BCUT2D eigenvalue weighted by atomic mass is 16.3. The summed E-state index contributed by atoms with van der Waals surface area (Å²) in [5.41, 5.74) is 2.17. The lowest BCUT2D eigenvalue weighted by Crippen LogP contribution is -2.32. The van der Waals surface area contributed by atoms with E-state index >= 15 is 0 Å². The van der Waals surface area contributed by atoms with Crippen molar-refractivity contribution in [2.75, 3.05) is 18.1 Å². The van der Waals surface area contributed by atoms with Crippen molar-refractivity contribution in [3.05, 3.63) is 29.3 Å². The molecule has 17 heavy (non-hydrogen) atoms. The van der Waals surface area contributed by atoms with Crippen molar-refractivity contribution < 1.29 is 10.2 Å². The summed E-state index contributed by atoms with van der Waals surface area (Å²) in [5, 5.41) is 27.5. The van der Waals surface area contributed by atoms with Gasteiger partial charge in [-0.25, -0.2) is 0 Å². The van der Waals surface area contributed by atoms with Crippen molar-refractivity contribution in [2.45, 2.75) is 25.5 Å². The van der Waals surface area contributed by atoms with Crippen LogP contribution in [0.3, 0.4) is 0 Å². The molecule has 1 atom stereocenters. The second-order valence-corrected chi connectivity index (χ2v) is 4.29. The third-order valence-corrected chi connectivity index (χ3v) is 3.26. The number of rotatable bonds is 3. The summed E-state index contributed by atoms with van der Waals surface area (Å²) in [6.07, 6.45) is 2.00. The van der Waals surface area contributed by atoms with Crippen molar-refractivity contribution in [3.8, 4) is 6.07 Å². The molecule has 90 valence electrons. The maximum atomic E-state index is 9.30. The number of hydrogen-bond donors (Lipinski definition) is 2. The molecule has 1 aromatic rings. The molecular formula is C13H16N2O2. The van der Waals surface area contributed by atoms with Gasteiger partial charge in [-0.2, -0.15) is 5.26 Å². The zero-order valence-corrected chi connectivity index (χ0v) is 9.63. The average molecular weight is 232 g/mol. The Kier molecular flexibility index (Phi) is 3.62. The lowest BCUT2D eigenvalue weighted by atomic mass is 10.1. The van der Waals surface area contributed by atoms with Gasteiger partial charge in [-0.1, -0.05) is 6.07 Å². The van der Waals surface area contributed by atoms with Crippen LogP contribution in [0.1, 0.15) is 24.0 Å². The molecule has 1 fully saturated rings. The minimum absolute atomic E-state index is 0.0572. The first kappa shape index (κ1) is 11.9. The van der Waals surface area contributed by atoms with Crippen molar-refractivity contribution in [3.63, 3.8) is 0 Å². The SMILES string of the molecule is N#Cc1cc(CO)ccc1N1CCCC1CO. The molecule has 1 saturated heterocycles. The highest BCUT2D eigenvalue weighted by molar-refractivity contribution is 5.61. The van der Waals surface area contributed by atoms with E-state index in [1.54, 1.807) is 6.07 Å². The summed E-state index contributed by atoms with van der Waals surface area (Å²) >= 11 is 0. The summed E-state index contributed by atoms with van der Waals surface area (Å²) in [7, 11) is 0. The van der Waals surface area contributed by atoms with Crippen LogP contribution in [-0.2, 0) is 6.61 Å². The van der Waals surface area contributed by atoms with Gasteiger partial charge in [-0.3, -0.25) is 0 Å². The molecule has 2 N–H and O–H groups in total. The summed E-state index contributed by atoms with van der Waals surface area (Å²) in [6, 6.07) is 7.66. The highest BCUT2D eigenvalue weighted by Gasteiger charge is 2.25. The topological polar surface area (TPSA) is 67.5 Å². The number of nitriles is 1. The third-order valence-electron chi connectivity index (χ3n) is 3.26. The van der Waals surface area contributed by atoms with Crippen LogP contribution in [0.25, 0.3) is 0 Å². The molecule has 1 unspecified atom stereocenters. The minimum atomic E-state index is -0.0572. The maximum absolute atomic E-state index is 9.30. The summed E-state index contributed by atoms with van der Waals surface area (Å²) in [4.78, 5) is 2.08. The molecule has 0 aromatic heterocycles. The van der Waals surface area contributed by atoms with Crippen LogP contribution in [0.5, 0.6) is 0 Å². The molecule has 1 aliphatic heterocycles. The number of aliphatic hydroxyl groups is 2. The van der Waals surface area contributed by atoms with Gasteiger partial charge >= 0.3 is 0 Å². The molecule has 1 aliphatic rings. The van der Waals surface area contributed by atoms with E-state index in [1.165, 1.54) is 0 Å². The van der Waals surface area contributed by atoms with E-state index < -0.39 is 0 Å². The summed E-state index contributed by atoms with van der Waals surface area (Å²) in [6.45, 7) is 0.934. The molecule has 0 radical (unpaired) electrons. The van der Waals surface area contributed by atoms with Crippen LogP contribution in [0.15, 0.2) is 18.2 Å². The van der Waals surface area contributed by atoms with Gasteiger partial charge in [0, 0.05) is 6.54 Å². The van der Waals surface area contributed by atoms with Crippen molar-refractivity contribution in [2.24, 2.45) is 0 Å². The number of aliphatic hydroxyl groups excluding tert-OH is 2. The molecule has 0 saturated carbocycles. The van der Waals surface area contributed by atoms with E-state index in [-0.39, 0.29) is 19.3 Å². The Bertz CT molecular complexity index is 440. The Balaban J connectivity index is 2.35. The largest absolute Gasteiger partial charge is 0.394 e. The molecule has 2 rings (SSSR count). The quantitative estimate of drug-likeness (QED) is 0.816. The minimum Gasteiger partial charge on any atom is -0.394 e. The van der Waals surface area contributed by atoms with Crippen LogP contribution in [0.2, 0.25) is 0 Å². The van der Waals surface area contributed by atoms with Gasteiger partial charge in [0.25, 0.3) is 0 Å². The van der Waals surface area contributed by atoms with Crippen molar-refractivity contribution in [1.29, 1.82) is 5.26 Å². The Hall–Kier alpha value is -1.57. The molecule has 0 bridgehead atoms. The van der Waals surface area contributed by atoms with Crippen molar-refractivity contribution in [1.82, 2.24) is 0 Å². The van der Waals surface area contributed by atoms with Crippen LogP contribution in [-0.4, -0.2) is 29.4 Å². The van der Waals surface area contributed by atoms with Gasteiger partial charge in [0.15, 0.2) is 0 Å². The van der Waals surface area contributed by atoms with E-state index in [4.69, 9.17) is 10.4 Å². The van der Waals surface area contributed by atoms with E-state index in [9.17, 15) is 5.11 Å². The van der Waals surface area contributed by atoms with Crippen LogP contribution in [0, 0.1) is 11.3 Å². The molecule has 0 aliphatic carbocycles. The normalized spacial score (nSPS) is 19.4. The fourth-order valence-electron chi connectivity index (χ4n) is 2.36. The Morgan fingerprint density at radius 1 is 1.41 bits per heavy atom. The summed E-state index contributed by atoms with van der Waals surface area (Å²) < 4.78 is 0. The molecular weight excluding hydrogens is 216 g/mol. The summed E-state index contributed by atoms with van der Waals surface area (Å²) in [5.74, 6) is 0. The van der Waals surface area contributed by atoms with Crippen LogP contribution < -0.4 is 4.90 Å². The predicted molar refractivity (Wildman–Crippen MR) is 64.5 cm³/mol. The second kappa shape index (κ2) is 5.17. The Morgan fingerprint density at radius 2 is 2.24 bits per heavy atom. The van der Waals surface area contributed by atoms with E-state index in [2.05, 4.69) is 11.0 Å². The van der Waals surface area contributed by atoms with E-state index in [0.29, 0.717) is 5.56 Å². The standard InChI is InChI=1S/C13H16N2O2/c14-7-11-6-10(8-16)3-4-13(11)15-5-1-2-12(15)9-17/h3-4,6,12,16-17H,1-2,5,8-9H2. The molecule has 4 heteroatoms. The first-order chi connectivity index (χ1) is 8.30. The number of hydrogen-bond acceptors (Lipinski definition) is 4. The van der Waals surface area contributed by atoms with Gasteiger partial charge in [0.2, 0.25) is 0 Å². The van der Waals surface area contributed by atoms with E-state index in [0.717, 1.165) is 30.6 Å². The highest BCUT2D eigenvalue weighted by Crippen LogP contribution is 2.29. The maximum Gasteiger partial charge on any atom is 0.101 e. The first-order valence-corrected chi connectivity index (χ1v) is 5.81. The monoisotopic (exact) mass is 232 g/mol.